The van der Waals surface area contributed by atoms with Gasteiger partial charge in [-0.25, -0.2) is 0 Å². The van der Waals surface area contributed by atoms with Gasteiger partial charge in [0.1, 0.15) is 5.84 Å². The molecule has 0 aliphatic carbocycles. The normalized spacial score (nSPS) is 12.3. The summed E-state index contributed by atoms with van der Waals surface area (Å²) in [6.45, 7) is 4.51. The molecule has 0 aliphatic rings. The topological polar surface area (TPSA) is 79.7 Å². The van der Waals surface area contributed by atoms with Gasteiger partial charge in [-0.1, -0.05) is 5.16 Å². The van der Waals surface area contributed by atoms with Crippen LogP contribution >= 0.6 is 0 Å². The molecule has 16 heavy (non-hydrogen) atoms. The van der Waals surface area contributed by atoms with Gasteiger partial charge in [-0.3, -0.25) is 4.68 Å². The zero-order valence-corrected chi connectivity index (χ0v) is 9.80. The highest BCUT2D eigenvalue weighted by Crippen LogP contribution is 2.02. The zero-order valence-electron chi connectivity index (χ0n) is 9.80. The van der Waals surface area contributed by atoms with Crippen LogP contribution in [0.5, 0.6) is 0 Å². The van der Waals surface area contributed by atoms with Crippen molar-refractivity contribution in [2.45, 2.75) is 26.4 Å². The molecule has 90 valence electrons. The first kappa shape index (κ1) is 12.5. The molecule has 0 atom stereocenters. The minimum atomic E-state index is 0.260. The molecule has 0 saturated heterocycles. The molecule has 0 aliphatic heterocycles. The van der Waals surface area contributed by atoms with E-state index in [1.165, 1.54) is 5.56 Å². The number of hydrogen-bond donors (Lipinski definition) is 2. The zero-order chi connectivity index (χ0) is 12.0. The Morgan fingerprint density at radius 3 is 3.00 bits per heavy atom. The number of rotatable bonds is 6. The summed E-state index contributed by atoms with van der Waals surface area (Å²) in [5.41, 5.74) is 6.57. The summed E-state index contributed by atoms with van der Waals surface area (Å²) in [6.07, 6.45) is 4.46. The highest BCUT2D eigenvalue weighted by atomic mass is 16.4. The average molecular weight is 225 g/mol. The van der Waals surface area contributed by atoms with Gasteiger partial charge in [0.15, 0.2) is 0 Å². The van der Waals surface area contributed by atoms with Crippen LogP contribution in [0.2, 0.25) is 0 Å². The van der Waals surface area contributed by atoms with Crippen LogP contribution in [-0.2, 0) is 13.1 Å². The number of amidine groups is 1. The number of nitrogens with zero attached hydrogens (tertiary/aromatic N) is 4. The van der Waals surface area contributed by atoms with Gasteiger partial charge in [0.2, 0.25) is 0 Å². The number of hydrogen-bond acceptors (Lipinski definition) is 4. The number of nitrogens with two attached hydrogens (primary N) is 1. The van der Waals surface area contributed by atoms with Gasteiger partial charge < -0.3 is 15.8 Å². The van der Waals surface area contributed by atoms with Crippen LogP contribution in [0.15, 0.2) is 17.5 Å². The SMILES string of the molecule is CCn1cc(CN(C)CCC(N)=NO)cn1. The molecule has 0 saturated carbocycles. The van der Waals surface area contributed by atoms with Crippen molar-refractivity contribution in [2.24, 2.45) is 10.9 Å². The van der Waals surface area contributed by atoms with Crippen molar-refractivity contribution in [1.82, 2.24) is 14.7 Å². The first-order valence-corrected chi connectivity index (χ1v) is 5.32. The minimum absolute atomic E-state index is 0.260. The van der Waals surface area contributed by atoms with Gasteiger partial charge >= 0.3 is 0 Å². The lowest BCUT2D eigenvalue weighted by molar-refractivity contribution is 0.309. The molecule has 0 spiro atoms. The van der Waals surface area contributed by atoms with Gasteiger partial charge in [0.05, 0.1) is 6.20 Å². The third-order valence-electron chi connectivity index (χ3n) is 2.34. The predicted molar refractivity (Wildman–Crippen MR) is 62.3 cm³/mol. The van der Waals surface area contributed by atoms with Crippen LogP contribution in [0.25, 0.3) is 0 Å². The van der Waals surface area contributed by atoms with E-state index >= 15 is 0 Å². The Bertz CT molecular complexity index is 347. The lowest BCUT2D eigenvalue weighted by Crippen LogP contribution is -2.24. The van der Waals surface area contributed by atoms with E-state index in [4.69, 9.17) is 10.9 Å². The predicted octanol–water partition coefficient (Wildman–Crippen LogP) is 0.471. The first-order chi connectivity index (χ1) is 7.65. The Balaban J connectivity index is 2.36. The maximum Gasteiger partial charge on any atom is 0.140 e. The lowest BCUT2D eigenvalue weighted by atomic mass is 10.3. The van der Waals surface area contributed by atoms with Crippen molar-refractivity contribution in [1.29, 1.82) is 0 Å². The number of oxime groups is 1. The van der Waals surface area contributed by atoms with E-state index in [2.05, 4.69) is 22.1 Å². The molecule has 1 heterocycles. The first-order valence-electron chi connectivity index (χ1n) is 5.32. The molecular formula is C10H19N5O. The van der Waals surface area contributed by atoms with Crippen LogP contribution in [0, 0.1) is 0 Å². The second-order valence-electron chi connectivity index (χ2n) is 3.78. The van der Waals surface area contributed by atoms with Gasteiger partial charge in [-0.05, 0) is 14.0 Å². The lowest BCUT2D eigenvalue weighted by Gasteiger charge is -2.14. The van der Waals surface area contributed by atoms with Gasteiger partial charge in [-0.15, -0.1) is 0 Å². The molecule has 0 fully saturated rings. The Hall–Kier alpha value is -1.56. The molecule has 0 radical (unpaired) electrons. The van der Waals surface area contributed by atoms with Crippen LogP contribution in [0.1, 0.15) is 18.9 Å². The van der Waals surface area contributed by atoms with Crippen LogP contribution < -0.4 is 5.73 Å². The molecule has 0 amide bonds. The second kappa shape index (κ2) is 6.12. The fraction of sp³-hybridized carbons (Fsp3) is 0.600. The van der Waals surface area contributed by atoms with Gasteiger partial charge in [0, 0.05) is 37.8 Å². The summed E-state index contributed by atoms with van der Waals surface area (Å²) in [6, 6.07) is 0. The quantitative estimate of drug-likeness (QED) is 0.319. The van der Waals surface area contributed by atoms with E-state index < -0.39 is 0 Å². The summed E-state index contributed by atoms with van der Waals surface area (Å²) >= 11 is 0. The number of aryl methyl sites for hydroxylation is 1. The van der Waals surface area contributed by atoms with Crippen molar-refractivity contribution in [3.8, 4) is 0 Å². The van der Waals surface area contributed by atoms with E-state index in [-0.39, 0.29) is 5.84 Å². The molecule has 1 aromatic rings. The van der Waals surface area contributed by atoms with Crippen LogP contribution in [0.3, 0.4) is 0 Å². The summed E-state index contributed by atoms with van der Waals surface area (Å²) in [5.74, 6) is 0.260. The van der Waals surface area contributed by atoms with Crippen molar-refractivity contribution in [3.05, 3.63) is 18.0 Å². The van der Waals surface area contributed by atoms with Crippen molar-refractivity contribution >= 4 is 5.84 Å². The van der Waals surface area contributed by atoms with E-state index in [1.807, 2.05) is 24.1 Å². The summed E-state index contributed by atoms with van der Waals surface area (Å²) in [5, 5.41) is 15.5. The minimum Gasteiger partial charge on any atom is -0.409 e. The molecule has 6 heteroatoms. The van der Waals surface area contributed by atoms with Crippen molar-refractivity contribution in [2.75, 3.05) is 13.6 Å². The van der Waals surface area contributed by atoms with E-state index in [1.54, 1.807) is 0 Å². The molecule has 1 rings (SSSR count). The maximum absolute atomic E-state index is 8.40. The smallest absolute Gasteiger partial charge is 0.140 e. The maximum atomic E-state index is 8.40. The molecule has 1 aromatic heterocycles. The van der Waals surface area contributed by atoms with Crippen molar-refractivity contribution < 1.29 is 5.21 Å². The molecule has 0 aromatic carbocycles. The third kappa shape index (κ3) is 3.90. The average Bonchev–Trinajstić information content (AvgIpc) is 2.73. The summed E-state index contributed by atoms with van der Waals surface area (Å²) < 4.78 is 1.90. The Kier molecular flexibility index (Phi) is 4.78. The molecule has 6 nitrogen and oxygen atoms in total. The number of aromatic nitrogens is 2. The van der Waals surface area contributed by atoms with Gasteiger partial charge in [0.25, 0.3) is 0 Å². The summed E-state index contributed by atoms with van der Waals surface area (Å²) in [7, 11) is 1.99. The Morgan fingerprint density at radius 1 is 1.69 bits per heavy atom. The molecule has 0 unspecified atom stereocenters. The monoisotopic (exact) mass is 225 g/mol. The molecular weight excluding hydrogens is 206 g/mol. The highest BCUT2D eigenvalue weighted by molar-refractivity contribution is 5.79. The van der Waals surface area contributed by atoms with Crippen LogP contribution in [0.4, 0.5) is 0 Å². The standard InChI is InChI=1S/C10H19N5O/c1-3-15-8-9(6-12-15)7-14(2)5-4-10(11)13-16/h6,8,16H,3-5,7H2,1-2H3,(H2,11,13). The molecule has 0 bridgehead atoms. The van der Waals surface area contributed by atoms with Crippen molar-refractivity contribution in [3.63, 3.8) is 0 Å². The summed E-state index contributed by atoms with van der Waals surface area (Å²) in [4.78, 5) is 2.11. The largest absolute Gasteiger partial charge is 0.409 e. The van der Waals surface area contributed by atoms with Gasteiger partial charge in [-0.2, -0.15) is 5.10 Å². The second-order valence-corrected chi connectivity index (χ2v) is 3.78. The Labute approximate surface area is 95.3 Å². The molecule has 3 N–H and O–H groups in total. The fourth-order valence-corrected chi connectivity index (χ4v) is 1.41. The Morgan fingerprint density at radius 2 is 2.44 bits per heavy atom. The van der Waals surface area contributed by atoms with E-state index in [9.17, 15) is 0 Å². The van der Waals surface area contributed by atoms with Crippen LogP contribution in [-0.4, -0.2) is 39.3 Å². The van der Waals surface area contributed by atoms with E-state index in [0.29, 0.717) is 6.42 Å². The third-order valence-corrected chi connectivity index (χ3v) is 2.34. The highest BCUT2D eigenvalue weighted by Gasteiger charge is 2.03. The fourth-order valence-electron chi connectivity index (χ4n) is 1.41. The van der Waals surface area contributed by atoms with E-state index in [0.717, 1.165) is 19.6 Å².